The smallest absolute Gasteiger partial charge is 0.338 e. The van der Waals surface area contributed by atoms with E-state index in [1.54, 1.807) is 24.5 Å². The van der Waals surface area contributed by atoms with Gasteiger partial charge in [-0.25, -0.2) is 9.78 Å². The molecule has 6 nitrogen and oxygen atoms in total. The topological polar surface area (TPSA) is 79.0 Å². The first kappa shape index (κ1) is 13.5. The van der Waals surface area contributed by atoms with E-state index >= 15 is 0 Å². The highest BCUT2D eigenvalue weighted by atomic mass is 16.2. The van der Waals surface area contributed by atoms with Crippen LogP contribution in [0.2, 0.25) is 0 Å². The summed E-state index contributed by atoms with van der Waals surface area (Å²) in [5.74, 6) is 0.166. The molecule has 0 spiro atoms. The number of nitrogens with zero attached hydrogens (tertiary/aromatic N) is 3. The number of rotatable bonds is 2. The predicted octanol–water partition coefficient (Wildman–Crippen LogP) is 1.18. The Balaban J connectivity index is 1.77. The Morgan fingerprint density at radius 3 is 2.81 bits per heavy atom. The molecule has 3 heterocycles. The minimum absolute atomic E-state index is 0.0125. The first-order chi connectivity index (χ1) is 10.2. The number of nitrogens with one attached hydrogen (secondary N) is 1. The van der Waals surface area contributed by atoms with Crippen molar-refractivity contribution in [2.75, 3.05) is 13.1 Å². The highest BCUT2D eigenvalue weighted by Crippen LogP contribution is 2.25. The van der Waals surface area contributed by atoms with Gasteiger partial charge >= 0.3 is 5.69 Å². The Morgan fingerprint density at radius 2 is 2.05 bits per heavy atom. The molecular weight excluding hydrogens is 268 g/mol. The molecule has 1 saturated heterocycles. The molecule has 2 aromatic heterocycles. The standard InChI is InChI=1S/C15H16N4O2/c20-14(11-3-6-16-7-4-11)19-9-1-2-12(10-19)13-5-8-17-15(21)18-13/h3-8,12H,1-2,9-10H2,(H,17,18,21). The zero-order valence-electron chi connectivity index (χ0n) is 11.5. The monoisotopic (exact) mass is 284 g/mol. The minimum Gasteiger partial charge on any atom is -0.338 e. The molecule has 108 valence electrons. The van der Waals surface area contributed by atoms with E-state index in [0.717, 1.165) is 25.1 Å². The number of aromatic amines is 1. The third kappa shape index (κ3) is 2.99. The van der Waals surface area contributed by atoms with Crippen LogP contribution in [0, 0.1) is 0 Å². The predicted molar refractivity (Wildman–Crippen MR) is 77.0 cm³/mol. The molecule has 1 aliphatic rings. The van der Waals surface area contributed by atoms with Crippen LogP contribution in [-0.4, -0.2) is 38.8 Å². The van der Waals surface area contributed by atoms with Crippen molar-refractivity contribution < 1.29 is 4.79 Å². The summed E-state index contributed by atoms with van der Waals surface area (Å²) < 4.78 is 0. The summed E-state index contributed by atoms with van der Waals surface area (Å²) in [4.78, 5) is 35.9. The van der Waals surface area contributed by atoms with Gasteiger partial charge in [0.25, 0.3) is 5.91 Å². The van der Waals surface area contributed by atoms with E-state index in [4.69, 9.17) is 0 Å². The van der Waals surface area contributed by atoms with Crippen LogP contribution in [0.1, 0.15) is 34.8 Å². The molecule has 1 atom stereocenters. The number of carbonyl (C=O) groups excluding carboxylic acids is 1. The maximum atomic E-state index is 12.5. The first-order valence-corrected chi connectivity index (χ1v) is 6.98. The van der Waals surface area contributed by atoms with E-state index in [2.05, 4.69) is 15.0 Å². The summed E-state index contributed by atoms with van der Waals surface area (Å²) in [6.45, 7) is 1.36. The summed E-state index contributed by atoms with van der Waals surface area (Å²) in [6.07, 6.45) is 6.63. The van der Waals surface area contributed by atoms with Crippen LogP contribution in [0.4, 0.5) is 0 Å². The van der Waals surface area contributed by atoms with E-state index in [0.29, 0.717) is 12.1 Å². The largest absolute Gasteiger partial charge is 0.345 e. The maximum Gasteiger partial charge on any atom is 0.345 e. The highest BCUT2D eigenvalue weighted by molar-refractivity contribution is 5.94. The van der Waals surface area contributed by atoms with Crippen molar-refractivity contribution in [1.82, 2.24) is 19.9 Å². The molecule has 1 amide bonds. The average Bonchev–Trinajstić information content (AvgIpc) is 2.55. The first-order valence-electron chi connectivity index (χ1n) is 6.98. The van der Waals surface area contributed by atoms with Crippen LogP contribution in [0.5, 0.6) is 0 Å². The van der Waals surface area contributed by atoms with Gasteiger partial charge in [0.1, 0.15) is 0 Å². The molecule has 0 bridgehead atoms. The van der Waals surface area contributed by atoms with Gasteiger partial charge in [0.05, 0.1) is 0 Å². The number of H-pyrrole nitrogens is 1. The van der Waals surface area contributed by atoms with Crippen molar-refractivity contribution in [2.45, 2.75) is 18.8 Å². The molecule has 6 heteroatoms. The second-order valence-corrected chi connectivity index (χ2v) is 5.16. The van der Waals surface area contributed by atoms with Gasteiger partial charge in [-0.15, -0.1) is 0 Å². The number of amides is 1. The van der Waals surface area contributed by atoms with Gasteiger partial charge in [-0.1, -0.05) is 0 Å². The number of piperidine rings is 1. The molecule has 0 radical (unpaired) electrons. The molecule has 2 aromatic rings. The minimum atomic E-state index is -0.343. The summed E-state index contributed by atoms with van der Waals surface area (Å²) in [6, 6.07) is 5.26. The third-order valence-electron chi connectivity index (χ3n) is 3.77. The van der Waals surface area contributed by atoms with Crippen LogP contribution in [0.15, 0.2) is 41.6 Å². The van der Waals surface area contributed by atoms with Crippen molar-refractivity contribution in [1.29, 1.82) is 0 Å². The summed E-state index contributed by atoms with van der Waals surface area (Å²) in [5, 5.41) is 0. The van der Waals surface area contributed by atoms with Crippen molar-refractivity contribution in [3.63, 3.8) is 0 Å². The zero-order chi connectivity index (χ0) is 14.7. The third-order valence-corrected chi connectivity index (χ3v) is 3.77. The SMILES string of the molecule is O=C(c1ccncc1)N1CCCC(c2ccnc(=O)[nH]2)C1. The Hall–Kier alpha value is -2.50. The summed E-state index contributed by atoms with van der Waals surface area (Å²) in [5.41, 5.74) is 1.15. The van der Waals surface area contributed by atoms with Gasteiger partial charge in [0, 0.05) is 48.9 Å². The van der Waals surface area contributed by atoms with Gasteiger partial charge in [0.2, 0.25) is 0 Å². The second kappa shape index (κ2) is 5.87. The summed E-state index contributed by atoms with van der Waals surface area (Å²) in [7, 11) is 0. The molecular formula is C15H16N4O2. The van der Waals surface area contributed by atoms with Gasteiger partial charge < -0.3 is 9.88 Å². The van der Waals surface area contributed by atoms with E-state index in [1.165, 1.54) is 6.20 Å². The lowest BCUT2D eigenvalue weighted by molar-refractivity contribution is 0.0705. The van der Waals surface area contributed by atoms with Gasteiger partial charge in [-0.2, -0.15) is 0 Å². The second-order valence-electron chi connectivity index (χ2n) is 5.16. The average molecular weight is 284 g/mol. The maximum absolute atomic E-state index is 12.5. The van der Waals surface area contributed by atoms with Crippen LogP contribution in [0.3, 0.4) is 0 Å². The van der Waals surface area contributed by atoms with E-state index in [1.807, 2.05) is 11.0 Å². The molecule has 1 N–H and O–H groups in total. The molecule has 0 saturated carbocycles. The molecule has 3 rings (SSSR count). The van der Waals surface area contributed by atoms with Crippen molar-refractivity contribution in [3.8, 4) is 0 Å². The van der Waals surface area contributed by atoms with E-state index in [-0.39, 0.29) is 17.5 Å². The van der Waals surface area contributed by atoms with Gasteiger partial charge in [-0.05, 0) is 31.0 Å². The Kier molecular flexibility index (Phi) is 3.77. The lowest BCUT2D eigenvalue weighted by Gasteiger charge is -2.32. The van der Waals surface area contributed by atoms with Crippen LogP contribution >= 0.6 is 0 Å². The molecule has 1 fully saturated rings. The Bertz CT molecular complexity index is 683. The highest BCUT2D eigenvalue weighted by Gasteiger charge is 2.25. The van der Waals surface area contributed by atoms with Crippen molar-refractivity contribution in [2.24, 2.45) is 0 Å². The number of pyridine rings is 1. The van der Waals surface area contributed by atoms with E-state index < -0.39 is 0 Å². The summed E-state index contributed by atoms with van der Waals surface area (Å²) >= 11 is 0. The Morgan fingerprint density at radius 1 is 1.24 bits per heavy atom. The normalized spacial score (nSPS) is 18.5. The fourth-order valence-electron chi connectivity index (χ4n) is 2.71. The van der Waals surface area contributed by atoms with Gasteiger partial charge in [0.15, 0.2) is 0 Å². The number of hydrogen-bond donors (Lipinski definition) is 1. The number of hydrogen-bond acceptors (Lipinski definition) is 4. The van der Waals surface area contributed by atoms with Crippen LogP contribution < -0.4 is 5.69 Å². The fraction of sp³-hybridized carbons (Fsp3) is 0.333. The van der Waals surface area contributed by atoms with Crippen LogP contribution in [0.25, 0.3) is 0 Å². The molecule has 0 aliphatic carbocycles. The number of likely N-dealkylation sites (tertiary alicyclic amines) is 1. The zero-order valence-corrected chi connectivity index (χ0v) is 11.5. The lowest BCUT2D eigenvalue weighted by atomic mass is 9.94. The van der Waals surface area contributed by atoms with E-state index in [9.17, 15) is 9.59 Å². The van der Waals surface area contributed by atoms with Crippen molar-refractivity contribution >= 4 is 5.91 Å². The molecule has 21 heavy (non-hydrogen) atoms. The quantitative estimate of drug-likeness (QED) is 0.898. The van der Waals surface area contributed by atoms with Gasteiger partial charge in [-0.3, -0.25) is 9.78 Å². The fourth-order valence-corrected chi connectivity index (χ4v) is 2.71. The lowest BCUT2D eigenvalue weighted by Crippen LogP contribution is -2.39. The van der Waals surface area contributed by atoms with Crippen LogP contribution in [-0.2, 0) is 0 Å². The number of carbonyl (C=O) groups is 1. The Labute approximate surface area is 121 Å². The number of aromatic nitrogens is 3. The molecule has 0 aromatic carbocycles. The molecule has 1 aliphatic heterocycles. The molecule has 1 unspecified atom stereocenters. The van der Waals surface area contributed by atoms with Crippen molar-refractivity contribution in [3.05, 3.63) is 58.5 Å².